The van der Waals surface area contributed by atoms with Crippen LogP contribution in [0.1, 0.15) is 0 Å². The molecule has 4 nitrogen and oxygen atoms in total. The van der Waals surface area contributed by atoms with E-state index in [4.69, 9.17) is 16.3 Å². The zero-order chi connectivity index (χ0) is 13.4. The molecule has 0 heterocycles. The van der Waals surface area contributed by atoms with Crippen LogP contribution in [-0.2, 0) is 0 Å². The summed E-state index contributed by atoms with van der Waals surface area (Å²) in [5, 5.41) is 3.35. The SMILES string of the molecule is C=CCNC(=O)N(C)CCOc1ccc(Cl)cc1. The van der Waals surface area contributed by atoms with Crippen LogP contribution < -0.4 is 10.1 Å². The molecule has 18 heavy (non-hydrogen) atoms. The average Bonchev–Trinajstić information content (AvgIpc) is 2.38. The molecule has 0 unspecified atom stereocenters. The summed E-state index contributed by atoms with van der Waals surface area (Å²) in [5.41, 5.74) is 0. The van der Waals surface area contributed by atoms with Crippen LogP contribution >= 0.6 is 11.6 Å². The molecule has 0 saturated carbocycles. The number of carbonyl (C=O) groups is 1. The minimum Gasteiger partial charge on any atom is -0.492 e. The van der Waals surface area contributed by atoms with Gasteiger partial charge in [-0.15, -0.1) is 6.58 Å². The highest BCUT2D eigenvalue weighted by atomic mass is 35.5. The van der Waals surface area contributed by atoms with Gasteiger partial charge in [0.05, 0.1) is 6.54 Å². The Kier molecular flexibility index (Phi) is 6.08. The van der Waals surface area contributed by atoms with Crippen molar-refractivity contribution >= 4 is 17.6 Å². The van der Waals surface area contributed by atoms with Crippen LogP contribution in [0, 0.1) is 0 Å². The topological polar surface area (TPSA) is 41.6 Å². The van der Waals surface area contributed by atoms with Crippen LogP contribution in [0.2, 0.25) is 5.02 Å². The van der Waals surface area contributed by atoms with Crippen LogP contribution in [0.5, 0.6) is 5.75 Å². The molecule has 0 radical (unpaired) electrons. The summed E-state index contributed by atoms with van der Waals surface area (Å²) in [6.07, 6.45) is 1.63. The van der Waals surface area contributed by atoms with E-state index in [1.165, 1.54) is 0 Å². The molecule has 0 atom stereocenters. The number of likely N-dealkylation sites (N-methyl/N-ethyl adjacent to an activating group) is 1. The number of ether oxygens (including phenoxy) is 1. The molecule has 1 N–H and O–H groups in total. The second kappa shape index (κ2) is 7.61. The van der Waals surface area contributed by atoms with Crippen LogP contribution in [0.3, 0.4) is 0 Å². The first-order valence-corrected chi connectivity index (χ1v) is 5.99. The Labute approximate surface area is 112 Å². The van der Waals surface area contributed by atoms with Gasteiger partial charge in [0, 0.05) is 18.6 Å². The smallest absolute Gasteiger partial charge is 0.317 e. The molecule has 0 aliphatic heterocycles. The zero-order valence-corrected chi connectivity index (χ0v) is 11.1. The molecule has 0 saturated heterocycles. The maximum atomic E-state index is 11.5. The molecule has 0 aromatic heterocycles. The first-order chi connectivity index (χ1) is 8.63. The van der Waals surface area contributed by atoms with Gasteiger partial charge in [-0.1, -0.05) is 17.7 Å². The molecule has 2 amide bonds. The van der Waals surface area contributed by atoms with Crippen molar-refractivity contribution in [1.29, 1.82) is 0 Å². The number of nitrogens with zero attached hydrogens (tertiary/aromatic N) is 1. The lowest BCUT2D eigenvalue weighted by Gasteiger charge is -2.17. The highest BCUT2D eigenvalue weighted by Gasteiger charge is 2.06. The predicted molar refractivity (Wildman–Crippen MR) is 73.2 cm³/mol. The third kappa shape index (κ3) is 5.10. The molecular formula is C13H17ClN2O2. The largest absolute Gasteiger partial charge is 0.492 e. The van der Waals surface area contributed by atoms with Crippen molar-refractivity contribution in [3.05, 3.63) is 41.9 Å². The zero-order valence-electron chi connectivity index (χ0n) is 10.4. The fourth-order valence-electron chi connectivity index (χ4n) is 1.23. The van der Waals surface area contributed by atoms with E-state index < -0.39 is 0 Å². The van der Waals surface area contributed by atoms with Crippen molar-refractivity contribution in [2.75, 3.05) is 26.7 Å². The third-order valence-corrected chi connectivity index (χ3v) is 2.51. The fourth-order valence-corrected chi connectivity index (χ4v) is 1.35. The lowest BCUT2D eigenvalue weighted by Crippen LogP contribution is -2.39. The van der Waals surface area contributed by atoms with Gasteiger partial charge in [0.1, 0.15) is 12.4 Å². The second-order valence-corrected chi connectivity index (χ2v) is 4.14. The van der Waals surface area contributed by atoms with E-state index in [1.54, 1.807) is 42.3 Å². The molecule has 5 heteroatoms. The van der Waals surface area contributed by atoms with Gasteiger partial charge in [-0.2, -0.15) is 0 Å². The van der Waals surface area contributed by atoms with Crippen LogP contribution in [0.4, 0.5) is 4.79 Å². The average molecular weight is 269 g/mol. The second-order valence-electron chi connectivity index (χ2n) is 3.70. The van der Waals surface area contributed by atoms with Gasteiger partial charge in [-0.3, -0.25) is 0 Å². The molecular weight excluding hydrogens is 252 g/mol. The number of carbonyl (C=O) groups excluding carboxylic acids is 1. The van der Waals surface area contributed by atoms with Crippen molar-refractivity contribution in [2.24, 2.45) is 0 Å². The van der Waals surface area contributed by atoms with Gasteiger partial charge in [-0.25, -0.2) is 4.79 Å². The van der Waals surface area contributed by atoms with Gasteiger partial charge in [0.25, 0.3) is 0 Å². The van der Waals surface area contributed by atoms with E-state index >= 15 is 0 Å². The van der Waals surface area contributed by atoms with E-state index in [0.29, 0.717) is 24.7 Å². The maximum absolute atomic E-state index is 11.5. The number of rotatable bonds is 6. The van der Waals surface area contributed by atoms with Crippen LogP contribution in [0.15, 0.2) is 36.9 Å². The highest BCUT2D eigenvalue weighted by molar-refractivity contribution is 6.30. The number of halogens is 1. The number of urea groups is 1. The summed E-state index contributed by atoms with van der Waals surface area (Å²) in [6, 6.07) is 6.96. The first kappa shape index (κ1) is 14.4. The summed E-state index contributed by atoms with van der Waals surface area (Å²) in [5.74, 6) is 0.735. The lowest BCUT2D eigenvalue weighted by molar-refractivity contribution is 0.196. The van der Waals surface area contributed by atoms with Crippen molar-refractivity contribution < 1.29 is 9.53 Å². The minimum atomic E-state index is -0.144. The van der Waals surface area contributed by atoms with Crippen LogP contribution in [0.25, 0.3) is 0 Å². The van der Waals surface area contributed by atoms with E-state index in [-0.39, 0.29) is 6.03 Å². The number of amides is 2. The normalized spacial score (nSPS) is 9.67. The molecule has 98 valence electrons. The van der Waals surface area contributed by atoms with E-state index in [9.17, 15) is 4.79 Å². The van der Waals surface area contributed by atoms with Gasteiger partial charge in [0.2, 0.25) is 0 Å². The number of nitrogens with one attached hydrogen (secondary N) is 1. The molecule has 0 spiro atoms. The number of hydrogen-bond donors (Lipinski definition) is 1. The highest BCUT2D eigenvalue weighted by Crippen LogP contribution is 2.15. The third-order valence-electron chi connectivity index (χ3n) is 2.25. The standard InChI is InChI=1S/C13H17ClN2O2/c1-3-8-15-13(17)16(2)9-10-18-12-6-4-11(14)5-7-12/h3-7H,1,8-10H2,2H3,(H,15,17). The van der Waals surface area contributed by atoms with Crippen molar-refractivity contribution in [1.82, 2.24) is 10.2 Å². The van der Waals surface area contributed by atoms with Gasteiger partial charge in [-0.05, 0) is 24.3 Å². The van der Waals surface area contributed by atoms with Crippen molar-refractivity contribution in [3.8, 4) is 5.75 Å². The van der Waals surface area contributed by atoms with E-state index in [0.717, 1.165) is 5.75 Å². The molecule has 0 aliphatic rings. The molecule has 1 aromatic rings. The Morgan fingerprint density at radius 2 is 2.17 bits per heavy atom. The Hall–Kier alpha value is -1.68. The Bertz CT molecular complexity index is 392. The molecule has 0 bridgehead atoms. The lowest BCUT2D eigenvalue weighted by atomic mass is 10.3. The summed E-state index contributed by atoms with van der Waals surface area (Å²) in [6.45, 7) is 4.93. The van der Waals surface area contributed by atoms with E-state index in [1.807, 2.05) is 0 Å². The Morgan fingerprint density at radius 1 is 1.50 bits per heavy atom. The monoisotopic (exact) mass is 268 g/mol. The minimum absolute atomic E-state index is 0.144. The summed E-state index contributed by atoms with van der Waals surface area (Å²) < 4.78 is 5.49. The molecule has 0 aliphatic carbocycles. The predicted octanol–water partition coefficient (Wildman–Crippen LogP) is 2.55. The van der Waals surface area contributed by atoms with Gasteiger partial charge < -0.3 is 15.0 Å². The maximum Gasteiger partial charge on any atom is 0.317 e. The quantitative estimate of drug-likeness (QED) is 0.806. The molecule has 1 rings (SSSR count). The van der Waals surface area contributed by atoms with E-state index in [2.05, 4.69) is 11.9 Å². The van der Waals surface area contributed by atoms with Gasteiger partial charge >= 0.3 is 6.03 Å². The summed E-state index contributed by atoms with van der Waals surface area (Å²) in [7, 11) is 1.71. The summed E-state index contributed by atoms with van der Waals surface area (Å²) in [4.78, 5) is 13.0. The Morgan fingerprint density at radius 3 is 2.78 bits per heavy atom. The van der Waals surface area contributed by atoms with Crippen molar-refractivity contribution in [3.63, 3.8) is 0 Å². The van der Waals surface area contributed by atoms with Crippen LogP contribution in [-0.4, -0.2) is 37.7 Å². The first-order valence-electron chi connectivity index (χ1n) is 5.61. The molecule has 0 fully saturated rings. The number of benzene rings is 1. The Balaban J connectivity index is 2.26. The summed E-state index contributed by atoms with van der Waals surface area (Å²) >= 11 is 5.76. The fraction of sp³-hybridized carbons (Fsp3) is 0.308. The molecule has 1 aromatic carbocycles. The van der Waals surface area contributed by atoms with Gasteiger partial charge in [0.15, 0.2) is 0 Å². The number of hydrogen-bond acceptors (Lipinski definition) is 2. The van der Waals surface area contributed by atoms with Crippen molar-refractivity contribution in [2.45, 2.75) is 0 Å².